The second-order valence-electron chi connectivity index (χ2n) is 9.36. The summed E-state index contributed by atoms with van der Waals surface area (Å²) in [6, 6.07) is 4.29. The Balaban J connectivity index is 2.99. The summed E-state index contributed by atoms with van der Waals surface area (Å²) in [5.74, 6) is 0.291. The molecule has 1 aromatic carbocycles. The van der Waals surface area contributed by atoms with E-state index in [0.717, 1.165) is 24.8 Å². The van der Waals surface area contributed by atoms with Crippen molar-refractivity contribution in [2.75, 3.05) is 0 Å². The highest BCUT2D eigenvalue weighted by Crippen LogP contribution is 2.35. The second-order valence-corrected chi connectivity index (χ2v) is 9.36. The first-order valence-electron chi connectivity index (χ1n) is 9.78. The molecule has 1 heteroatoms. The Morgan fingerprint density at radius 3 is 1.84 bits per heavy atom. The Kier molecular flexibility index (Phi) is 7.65. The van der Waals surface area contributed by atoms with E-state index in [1.165, 1.54) is 29.5 Å². The molecule has 25 heavy (non-hydrogen) atoms. The Bertz CT molecular complexity index is 558. The van der Waals surface area contributed by atoms with E-state index in [-0.39, 0.29) is 10.8 Å². The van der Waals surface area contributed by atoms with E-state index in [0.29, 0.717) is 12.2 Å². The van der Waals surface area contributed by atoms with Crippen molar-refractivity contribution in [3.8, 4) is 0 Å². The molecule has 0 aliphatic rings. The summed E-state index contributed by atoms with van der Waals surface area (Å²) in [5, 5.41) is 0. The summed E-state index contributed by atoms with van der Waals surface area (Å²) in [6.07, 6.45) is 8.20. The fourth-order valence-electron chi connectivity index (χ4n) is 3.51. The van der Waals surface area contributed by atoms with Crippen LogP contribution in [0.1, 0.15) is 107 Å². The standard InChI is InChI=1S/C24H38O/c1-9-10-11-12-13-14-15-22(25)19-16-20(23(3,4)5)18(2)21(17-19)24(6,7)8/h9,16-17H,1,10-15H2,2-8H3. The van der Waals surface area contributed by atoms with Crippen LogP contribution in [0.25, 0.3) is 0 Å². The number of allylic oxidation sites excluding steroid dienone is 1. The molecule has 0 N–H and O–H groups in total. The van der Waals surface area contributed by atoms with Gasteiger partial charge in [-0.2, -0.15) is 0 Å². The molecule has 0 fully saturated rings. The van der Waals surface area contributed by atoms with Crippen molar-refractivity contribution in [3.63, 3.8) is 0 Å². The molecule has 0 spiro atoms. The number of hydrogen-bond acceptors (Lipinski definition) is 1. The molecule has 0 aliphatic heterocycles. The van der Waals surface area contributed by atoms with Gasteiger partial charge in [-0.25, -0.2) is 0 Å². The van der Waals surface area contributed by atoms with Crippen molar-refractivity contribution in [1.82, 2.24) is 0 Å². The first kappa shape index (κ1) is 21.7. The van der Waals surface area contributed by atoms with Crippen LogP contribution in [0.2, 0.25) is 0 Å². The molecule has 140 valence electrons. The summed E-state index contributed by atoms with van der Waals surface area (Å²) in [4.78, 5) is 12.8. The Labute approximate surface area is 155 Å². The maximum absolute atomic E-state index is 12.8. The van der Waals surface area contributed by atoms with Crippen LogP contribution in [0.5, 0.6) is 0 Å². The number of unbranched alkanes of at least 4 members (excludes halogenated alkanes) is 4. The maximum atomic E-state index is 12.8. The molecule has 0 aromatic heterocycles. The van der Waals surface area contributed by atoms with Gasteiger partial charge < -0.3 is 0 Å². The quantitative estimate of drug-likeness (QED) is 0.275. The van der Waals surface area contributed by atoms with Gasteiger partial charge in [0.05, 0.1) is 0 Å². The molecule has 0 radical (unpaired) electrons. The summed E-state index contributed by atoms with van der Waals surface area (Å²) in [7, 11) is 0. The summed E-state index contributed by atoms with van der Waals surface area (Å²) >= 11 is 0. The number of benzene rings is 1. The van der Waals surface area contributed by atoms with Gasteiger partial charge in [-0.1, -0.05) is 60.5 Å². The van der Waals surface area contributed by atoms with E-state index in [4.69, 9.17) is 0 Å². The zero-order chi connectivity index (χ0) is 19.3. The van der Waals surface area contributed by atoms with Crippen molar-refractivity contribution in [1.29, 1.82) is 0 Å². The molecule has 0 saturated heterocycles. The first-order chi connectivity index (χ1) is 11.5. The molecule has 0 unspecified atom stereocenters. The van der Waals surface area contributed by atoms with E-state index < -0.39 is 0 Å². The Hall–Kier alpha value is -1.37. The Morgan fingerprint density at radius 2 is 1.40 bits per heavy atom. The average molecular weight is 343 g/mol. The number of hydrogen-bond donors (Lipinski definition) is 0. The largest absolute Gasteiger partial charge is 0.294 e. The summed E-state index contributed by atoms with van der Waals surface area (Å²) in [5.41, 5.74) is 4.92. The minimum absolute atomic E-state index is 0.0467. The van der Waals surface area contributed by atoms with Crippen LogP contribution < -0.4 is 0 Å². The lowest BCUT2D eigenvalue weighted by atomic mass is 9.75. The predicted octanol–water partition coefficient (Wildman–Crippen LogP) is 7.30. The van der Waals surface area contributed by atoms with Gasteiger partial charge in [0, 0.05) is 12.0 Å². The Morgan fingerprint density at radius 1 is 0.920 bits per heavy atom. The smallest absolute Gasteiger partial charge is 0.162 e. The third kappa shape index (κ3) is 6.45. The van der Waals surface area contributed by atoms with Crippen molar-refractivity contribution in [2.24, 2.45) is 0 Å². The highest BCUT2D eigenvalue weighted by Gasteiger charge is 2.25. The van der Waals surface area contributed by atoms with Crippen LogP contribution in [0.15, 0.2) is 24.8 Å². The van der Waals surface area contributed by atoms with Crippen molar-refractivity contribution in [2.45, 2.75) is 97.8 Å². The van der Waals surface area contributed by atoms with E-state index in [9.17, 15) is 4.79 Å². The van der Waals surface area contributed by atoms with E-state index in [1.807, 2.05) is 6.08 Å². The van der Waals surface area contributed by atoms with Gasteiger partial charge in [0.15, 0.2) is 5.78 Å². The predicted molar refractivity (Wildman–Crippen MR) is 111 cm³/mol. The zero-order valence-electron chi connectivity index (χ0n) is 17.6. The van der Waals surface area contributed by atoms with Gasteiger partial charge >= 0.3 is 0 Å². The second kappa shape index (κ2) is 8.83. The zero-order valence-corrected chi connectivity index (χ0v) is 17.6. The lowest BCUT2D eigenvalue weighted by Gasteiger charge is -2.29. The van der Waals surface area contributed by atoms with Crippen molar-refractivity contribution >= 4 is 5.78 Å². The maximum Gasteiger partial charge on any atom is 0.162 e. The topological polar surface area (TPSA) is 17.1 Å². The number of carbonyl (C=O) groups is 1. The molecule has 0 heterocycles. The lowest BCUT2D eigenvalue weighted by molar-refractivity contribution is 0.0979. The first-order valence-corrected chi connectivity index (χ1v) is 9.78. The minimum Gasteiger partial charge on any atom is -0.294 e. The highest BCUT2D eigenvalue weighted by molar-refractivity contribution is 5.96. The van der Waals surface area contributed by atoms with E-state index >= 15 is 0 Å². The van der Waals surface area contributed by atoms with E-state index in [2.05, 4.69) is 67.2 Å². The third-order valence-corrected chi connectivity index (χ3v) is 4.91. The highest BCUT2D eigenvalue weighted by atomic mass is 16.1. The number of rotatable bonds is 8. The van der Waals surface area contributed by atoms with Gasteiger partial charge in [0.1, 0.15) is 0 Å². The van der Waals surface area contributed by atoms with Crippen LogP contribution >= 0.6 is 0 Å². The van der Waals surface area contributed by atoms with Gasteiger partial charge in [0.2, 0.25) is 0 Å². The van der Waals surface area contributed by atoms with Gasteiger partial charge in [-0.3, -0.25) is 4.79 Å². The molecule has 0 bridgehead atoms. The number of ketones is 1. The molecule has 0 amide bonds. The molecule has 0 atom stereocenters. The van der Waals surface area contributed by atoms with Gasteiger partial charge in [0.25, 0.3) is 0 Å². The summed E-state index contributed by atoms with van der Waals surface area (Å²) < 4.78 is 0. The molecule has 1 aromatic rings. The fourth-order valence-corrected chi connectivity index (χ4v) is 3.51. The summed E-state index contributed by atoms with van der Waals surface area (Å²) in [6.45, 7) is 19.3. The third-order valence-electron chi connectivity index (χ3n) is 4.91. The molecule has 1 nitrogen and oxygen atoms in total. The molecular formula is C24H38O. The normalized spacial score (nSPS) is 12.3. The average Bonchev–Trinajstić information content (AvgIpc) is 2.48. The van der Waals surface area contributed by atoms with Crippen LogP contribution in [0.4, 0.5) is 0 Å². The number of carbonyl (C=O) groups excluding carboxylic acids is 1. The van der Waals surface area contributed by atoms with Crippen LogP contribution in [-0.4, -0.2) is 5.78 Å². The monoisotopic (exact) mass is 342 g/mol. The molecule has 0 aliphatic carbocycles. The number of Topliss-reactive ketones (excluding diaryl/α,β-unsaturated/α-hetero) is 1. The lowest BCUT2D eigenvalue weighted by Crippen LogP contribution is -2.21. The fraction of sp³-hybridized carbons (Fsp3) is 0.625. The van der Waals surface area contributed by atoms with Crippen molar-refractivity contribution < 1.29 is 4.79 Å². The van der Waals surface area contributed by atoms with Crippen LogP contribution in [0, 0.1) is 6.92 Å². The van der Waals surface area contributed by atoms with E-state index in [1.54, 1.807) is 0 Å². The molecule has 1 rings (SSSR count). The van der Waals surface area contributed by atoms with Gasteiger partial charge in [-0.15, -0.1) is 6.58 Å². The van der Waals surface area contributed by atoms with Crippen LogP contribution in [0.3, 0.4) is 0 Å². The van der Waals surface area contributed by atoms with Crippen LogP contribution in [-0.2, 0) is 10.8 Å². The SMILES string of the molecule is C=CCCCCCCC(=O)c1cc(C(C)(C)C)c(C)c(C(C)(C)C)c1. The van der Waals surface area contributed by atoms with Gasteiger partial charge in [-0.05, 0) is 65.8 Å². The molecular weight excluding hydrogens is 304 g/mol. The molecule has 0 saturated carbocycles. The van der Waals surface area contributed by atoms with Crippen molar-refractivity contribution in [3.05, 3.63) is 47.0 Å². The minimum atomic E-state index is 0.0467.